The van der Waals surface area contributed by atoms with Crippen molar-refractivity contribution < 1.29 is 33.8 Å². The molecule has 0 saturated heterocycles. The second-order valence-corrected chi connectivity index (χ2v) is 15.3. The zero-order valence-electron chi connectivity index (χ0n) is 32.1. The van der Waals surface area contributed by atoms with Crippen molar-refractivity contribution in [3.63, 3.8) is 0 Å². The number of carboxylic acids is 1. The van der Waals surface area contributed by atoms with Crippen LogP contribution in [0, 0.1) is 5.92 Å². The van der Waals surface area contributed by atoms with Crippen LogP contribution in [0.4, 0.5) is 0 Å². The minimum atomic E-state index is -1.01. The molecule has 0 amide bonds. The Bertz CT molecular complexity index is 803. The van der Waals surface area contributed by atoms with Crippen LogP contribution >= 0.6 is 11.8 Å². The number of hydrogen-bond donors (Lipinski definition) is 1. The van der Waals surface area contributed by atoms with Gasteiger partial charge in [-0.1, -0.05) is 168 Å². The van der Waals surface area contributed by atoms with Crippen molar-refractivity contribution in [1.29, 1.82) is 0 Å². The maximum Gasteiger partial charge on any atom is 0.307 e. The number of carboxylic acid groups (broad SMARTS) is 1. The van der Waals surface area contributed by atoms with Crippen molar-refractivity contribution in [1.82, 2.24) is 0 Å². The average Bonchev–Trinajstić information content (AvgIpc) is 3.07. The first kappa shape index (κ1) is 47.4. The van der Waals surface area contributed by atoms with Crippen LogP contribution in [0.5, 0.6) is 0 Å². The number of hydrogen-bond acceptors (Lipinski definition) is 7. The SMILES string of the molecule is CCCCCCCCCCCCCCCC(=O)OCC(CSCC(CC(C)=O)C(=O)O)OC(=O)CCCCCCCCCCCCCCC. The summed E-state index contributed by atoms with van der Waals surface area (Å²) in [4.78, 5) is 48.1. The normalized spacial score (nSPS) is 12.5. The molecule has 0 heterocycles. The van der Waals surface area contributed by atoms with Gasteiger partial charge in [0, 0.05) is 30.8 Å². The summed E-state index contributed by atoms with van der Waals surface area (Å²) in [5.74, 6) is -2.01. The lowest BCUT2D eigenvalue weighted by Crippen LogP contribution is -2.28. The Labute approximate surface area is 305 Å². The highest BCUT2D eigenvalue weighted by Crippen LogP contribution is 2.18. The zero-order chi connectivity index (χ0) is 36.2. The molecule has 1 N–H and O–H groups in total. The van der Waals surface area contributed by atoms with E-state index in [2.05, 4.69) is 13.8 Å². The number of Topliss-reactive ketones (excluding diaryl/α,β-unsaturated/α-hetero) is 1. The van der Waals surface area contributed by atoms with Gasteiger partial charge in [0.1, 0.15) is 18.5 Å². The van der Waals surface area contributed by atoms with Crippen LogP contribution in [0.3, 0.4) is 0 Å². The van der Waals surface area contributed by atoms with Crippen molar-refractivity contribution >= 4 is 35.5 Å². The Morgan fingerprint density at radius 2 is 0.898 bits per heavy atom. The van der Waals surface area contributed by atoms with Crippen LogP contribution in [-0.4, -0.2) is 53.0 Å². The van der Waals surface area contributed by atoms with Gasteiger partial charge in [-0.2, -0.15) is 11.8 Å². The quantitative estimate of drug-likeness (QED) is 0.0498. The van der Waals surface area contributed by atoms with Crippen LogP contribution in [0.15, 0.2) is 0 Å². The fourth-order valence-corrected chi connectivity index (χ4v) is 7.21. The van der Waals surface area contributed by atoms with E-state index in [1.165, 1.54) is 147 Å². The fourth-order valence-electron chi connectivity index (χ4n) is 6.10. The number of ketones is 1. The third-order valence-electron chi connectivity index (χ3n) is 9.20. The van der Waals surface area contributed by atoms with Gasteiger partial charge in [-0.15, -0.1) is 0 Å². The molecule has 2 unspecified atom stereocenters. The van der Waals surface area contributed by atoms with E-state index in [-0.39, 0.29) is 36.5 Å². The summed E-state index contributed by atoms with van der Waals surface area (Å²) in [6, 6.07) is 0. The number of thioether (sulfide) groups is 1. The maximum atomic E-state index is 12.6. The van der Waals surface area contributed by atoms with Gasteiger partial charge in [0.25, 0.3) is 0 Å². The second-order valence-electron chi connectivity index (χ2n) is 14.3. The van der Waals surface area contributed by atoms with Crippen molar-refractivity contribution in [2.24, 2.45) is 5.92 Å². The van der Waals surface area contributed by atoms with E-state index in [0.717, 1.165) is 38.5 Å². The van der Waals surface area contributed by atoms with Gasteiger partial charge in [-0.05, 0) is 19.8 Å². The molecule has 7 nitrogen and oxygen atoms in total. The third kappa shape index (κ3) is 34.7. The van der Waals surface area contributed by atoms with E-state index in [1.807, 2.05) is 0 Å². The zero-order valence-corrected chi connectivity index (χ0v) is 32.9. The van der Waals surface area contributed by atoms with Crippen molar-refractivity contribution in [2.75, 3.05) is 18.1 Å². The molecule has 0 aliphatic heterocycles. The minimum absolute atomic E-state index is 0.0278. The molecule has 0 saturated carbocycles. The molecular formula is C41H76O7S. The molecule has 288 valence electrons. The van der Waals surface area contributed by atoms with Crippen molar-refractivity contribution in [2.45, 2.75) is 213 Å². The Kier molecular flexibility index (Phi) is 35.1. The van der Waals surface area contributed by atoms with Gasteiger partial charge >= 0.3 is 17.9 Å². The number of carbonyl (C=O) groups is 4. The van der Waals surface area contributed by atoms with Crippen molar-refractivity contribution in [3.8, 4) is 0 Å². The Morgan fingerprint density at radius 3 is 1.27 bits per heavy atom. The van der Waals surface area contributed by atoms with Gasteiger partial charge in [0.2, 0.25) is 0 Å². The molecule has 0 radical (unpaired) electrons. The smallest absolute Gasteiger partial charge is 0.307 e. The monoisotopic (exact) mass is 713 g/mol. The first-order valence-corrected chi connectivity index (χ1v) is 21.6. The van der Waals surface area contributed by atoms with Crippen LogP contribution in [0.25, 0.3) is 0 Å². The number of esters is 2. The summed E-state index contributed by atoms with van der Waals surface area (Å²) in [7, 11) is 0. The molecule has 0 aromatic rings. The molecule has 8 heteroatoms. The van der Waals surface area contributed by atoms with Gasteiger partial charge in [-0.3, -0.25) is 14.4 Å². The van der Waals surface area contributed by atoms with Crippen LogP contribution < -0.4 is 0 Å². The molecule has 0 aromatic heterocycles. The molecule has 0 aromatic carbocycles. The molecule has 49 heavy (non-hydrogen) atoms. The second kappa shape index (κ2) is 36.2. The molecule has 0 spiro atoms. The van der Waals surface area contributed by atoms with E-state index in [1.54, 1.807) is 0 Å². The number of ether oxygens (including phenoxy) is 2. The maximum absolute atomic E-state index is 12.6. The van der Waals surface area contributed by atoms with Crippen LogP contribution in [0.2, 0.25) is 0 Å². The van der Waals surface area contributed by atoms with Gasteiger partial charge in [0.15, 0.2) is 0 Å². The summed E-state index contributed by atoms with van der Waals surface area (Å²) in [5.41, 5.74) is 0. The summed E-state index contributed by atoms with van der Waals surface area (Å²) >= 11 is 1.32. The van der Waals surface area contributed by atoms with Crippen LogP contribution in [-0.2, 0) is 28.7 Å². The Balaban J connectivity index is 4.30. The van der Waals surface area contributed by atoms with E-state index in [9.17, 15) is 24.3 Å². The molecule has 0 bridgehead atoms. The Hall–Kier alpha value is -1.57. The van der Waals surface area contributed by atoms with Gasteiger partial charge in [-0.25, -0.2) is 0 Å². The standard InChI is InChI=1S/C41H76O7S/c1-4-6-8-10-12-14-16-18-20-22-24-26-28-30-39(43)47-33-38(35-49-34-37(41(45)46)32-36(3)42)48-40(44)31-29-27-25-23-21-19-17-15-13-11-9-7-5-2/h37-38H,4-35H2,1-3H3,(H,45,46). The largest absolute Gasteiger partial charge is 0.481 e. The molecule has 0 aliphatic rings. The van der Waals surface area contributed by atoms with E-state index >= 15 is 0 Å². The van der Waals surface area contributed by atoms with E-state index in [0.29, 0.717) is 18.6 Å². The van der Waals surface area contributed by atoms with E-state index in [4.69, 9.17) is 9.47 Å². The molecule has 0 rings (SSSR count). The number of rotatable bonds is 38. The number of carbonyl (C=O) groups excluding carboxylic acids is 3. The van der Waals surface area contributed by atoms with Gasteiger partial charge < -0.3 is 19.4 Å². The summed E-state index contributed by atoms with van der Waals surface area (Å²) in [6.07, 6.45) is 32.2. The fraction of sp³-hybridized carbons (Fsp3) is 0.902. The first-order chi connectivity index (χ1) is 23.8. The highest BCUT2D eigenvalue weighted by molar-refractivity contribution is 7.99. The highest BCUT2D eigenvalue weighted by Gasteiger charge is 2.22. The first-order valence-electron chi connectivity index (χ1n) is 20.4. The molecule has 0 aliphatic carbocycles. The summed E-state index contributed by atoms with van der Waals surface area (Å²) < 4.78 is 11.2. The van der Waals surface area contributed by atoms with Crippen LogP contribution in [0.1, 0.15) is 207 Å². The summed E-state index contributed by atoms with van der Waals surface area (Å²) in [6.45, 7) is 5.86. The average molecular weight is 713 g/mol. The van der Waals surface area contributed by atoms with Gasteiger partial charge in [0.05, 0.1) is 5.92 Å². The predicted octanol–water partition coefficient (Wildman–Crippen LogP) is 11.8. The lowest BCUT2D eigenvalue weighted by Gasteiger charge is -2.19. The molecule has 2 atom stereocenters. The third-order valence-corrected chi connectivity index (χ3v) is 10.4. The number of aliphatic carboxylic acids is 1. The topological polar surface area (TPSA) is 107 Å². The minimum Gasteiger partial charge on any atom is -0.481 e. The highest BCUT2D eigenvalue weighted by atomic mass is 32.2. The predicted molar refractivity (Wildman–Crippen MR) is 205 cm³/mol. The molecule has 0 fully saturated rings. The number of unbranched alkanes of at least 4 members (excludes halogenated alkanes) is 24. The van der Waals surface area contributed by atoms with Crippen molar-refractivity contribution in [3.05, 3.63) is 0 Å². The summed E-state index contributed by atoms with van der Waals surface area (Å²) in [5, 5.41) is 9.46. The molecular weight excluding hydrogens is 637 g/mol. The Morgan fingerprint density at radius 1 is 0.531 bits per heavy atom. The van der Waals surface area contributed by atoms with E-state index < -0.39 is 18.0 Å². The lowest BCUT2D eigenvalue weighted by atomic mass is 10.0. The lowest BCUT2D eigenvalue weighted by molar-refractivity contribution is -0.157.